The van der Waals surface area contributed by atoms with Crippen molar-refractivity contribution in [2.75, 3.05) is 19.6 Å². The Morgan fingerprint density at radius 1 is 1.75 bits per heavy atom. The van der Waals surface area contributed by atoms with Crippen molar-refractivity contribution in [2.45, 2.75) is 0 Å². The molecule has 0 aliphatic heterocycles. The van der Waals surface area contributed by atoms with Crippen LogP contribution in [0.1, 0.15) is 0 Å². The van der Waals surface area contributed by atoms with Crippen LogP contribution in [-0.4, -0.2) is 19.6 Å². The maximum Gasteiger partial charge on any atom is 0.697 e. The van der Waals surface area contributed by atoms with E-state index in [-0.39, 0.29) is 6.61 Å². The van der Waals surface area contributed by atoms with E-state index in [1.165, 1.54) is 7.11 Å². The van der Waals surface area contributed by atoms with Gasteiger partial charge in [-0.1, -0.05) is 0 Å². The van der Waals surface area contributed by atoms with Crippen molar-refractivity contribution in [1.29, 1.82) is 0 Å². The number of alkyl halides is 1. The molecule has 1 atom stereocenters. The molecule has 0 fully saturated rings. The van der Waals surface area contributed by atoms with Crippen molar-refractivity contribution in [3.05, 3.63) is 0 Å². The lowest BCUT2D eigenvalue weighted by molar-refractivity contribution is 0.270. The van der Waals surface area contributed by atoms with Crippen molar-refractivity contribution in [1.82, 2.24) is 0 Å². The summed E-state index contributed by atoms with van der Waals surface area (Å²) in [5.74, 6) is 0.338. The van der Waals surface area contributed by atoms with Crippen LogP contribution in [0, 0.1) is 0 Å². The standard InChI is InChI=1S/C3H7ClO3P/c1-6-8(5)7-3-2-4/h2-3H2,1H3/q+1. The molecule has 0 aromatic heterocycles. The highest BCUT2D eigenvalue weighted by Gasteiger charge is 2.14. The topological polar surface area (TPSA) is 35.5 Å². The smallest absolute Gasteiger partial charge is 0.124 e. The number of hydrogen-bond donors (Lipinski definition) is 0. The zero-order chi connectivity index (χ0) is 6.41. The maximum absolute atomic E-state index is 10.2. The quantitative estimate of drug-likeness (QED) is 0.459. The second-order valence-electron chi connectivity index (χ2n) is 0.928. The van der Waals surface area contributed by atoms with Gasteiger partial charge in [0, 0.05) is 4.57 Å². The van der Waals surface area contributed by atoms with Gasteiger partial charge in [-0.3, -0.25) is 0 Å². The summed E-state index contributed by atoms with van der Waals surface area (Å²) in [6.45, 7) is 0.268. The summed E-state index contributed by atoms with van der Waals surface area (Å²) in [4.78, 5) is 0. The lowest BCUT2D eigenvalue weighted by Crippen LogP contribution is -1.86. The molecule has 0 aromatic carbocycles. The van der Waals surface area contributed by atoms with Gasteiger partial charge in [0.2, 0.25) is 0 Å². The second kappa shape index (κ2) is 5.45. The molecule has 0 saturated carbocycles. The Bertz CT molecular complexity index is 76.9. The van der Waals surface area contributed by atoms with Crippen LogP contribution in [0.4, 0.5) is 0 Å². The van der Waals surface area contributed by atoms with Crippen molar-refractivity contribution in [3.8, 4) is 0 Å². The molecule has 0 bridgehead atoms. The SMILES string of the molecule is CO[P+](=O)OCCCl. The molecule has 5 heteroatoms. The molecule has 0 amide bonds. The van der Waals surface area contributed by atoms with E-state index in [0.717, 1.165) is 0 Å². The first-order valence-corrected chi connectivity index (χ1v) is 3.64. The predicted molar refractivity (Wildman–Crippen MR) is 31.3 cm³/mol. The highest BCUT2D eigenvalue weighted by atomic mass is 35.5. The molecule has 0 aliphatic carbocycles. The van der Waals surface area contributed by atoms with Gasteiger partial charge in [0.15, 0.2) is 0 Å². The van der Waals surface area contributed by atoms with Crippen LogP contribution in [0.3, 0.4) is 0 Å². The normalized spacial score (nSPS) is 11.5. The Kier molecular flexibility index (Phi) is 5.66. The highest BCUT2D eigenvalue weighted by molar-refractivity contribution is 7.33. The predicted octanol–water partition coefficient (Wildman–Crippen LogP) is 1.55. The molecule has 0 aromatic rings. The van der Waals surface area contributed by atoms with Crippen molar-refractivity contribution < 1.29 is 13.6 Å². The van der Waals surface area contributed by atoms with Crippen LogP contribution in [0.5, 0.6) is 0 Å². The van der Waals surface area contributed by atoms with Crippen LogP contribution in [0.25, 0.3) is 0 Å². The minimum Gasteiger partial charge on any atom is -0.124 e. The summed E-state index contributed by atoms with van der Waals surface area (Å²) in [5, 5.41) is 0. The molecule has 1 unspecified atom stereocenters. The van der Waals surface area contributed by atoms with Crippen LogP contribution < -0.4 is 0 Å². The summed E-state index contributed by atoms with van der Waals surface area (Å²) >= 11 is 5.19. The Balaban J connectivity index is 2.99. The molecule has 0 N–H and O–H groups in total. The molecule has 0 aliphatic rings. The summed E-state index contributed by atoms with van der Waals surface area (Å²) in [7, 11) is -0.606. The first-order chi connectivity index (χ1) is 3.81. The van der Waals surface area contributed by atoms with Gasteiger partial charge in [-0.05, 0) is 0 Å². The zero-order valence-electron chi connectivity index (χ0n) is 4.46. The Labute approximate surface area is 53.9 Å². The Morgan fingerprint density at radius 2 is 2.38 bits per heavy atom. The fourth-order valence-electron chi connectivity index (χ4n) is 0.162. The third-order valence-electron chi connectivity index (χ3n) is 0.423. The molecule has 0 radical (unpaired) electrons. The van der Waals surface area contributed by atoms with Gasteiger partial charge in [0.05, 0.1) is 13.0 Å². The van der Waals surface area contributed by atoms with Gasteiger partial charge < -0.3 is 0 Å². The lowest BCUT2D eigenvalue weighted by atomic mass is 10.9. The molecular formula is C3H7ClO3P+. The molecule has 48 valence electrons. The van der Waals surface area contributed by atoms with Crippen LogP contribution in [0.2, 0.25) is 0 Å². The average molecular weight is 158 g/mol. The third kappa shape index (κ3) is 4.47. The van der Waals surface area contributed by atoms with Gasteiger partial charge >= 0.3 is 8.25 Å². The van der Waals surface area contributed by atoms with Gasteiger partial charge in [0.25, 0.3) is 0 Å². The van der Waals surface area contributed by atoms with Gasteiger partial charge in [-0.2, -0.15) is 0 Å². The van der Waals surface area contributed by atoms with E-state index in [4.69, 9.17) is 11.6 Å². The second-order valence-corrected chi connectivity index (χ2v) is 2.38. The molecule has 3 nitrogen and oxygen atoms in total. The largest absolute Gasteiger partial charge is 0.697 e. The van der Waals surface area contributed by atoms with Gasteiger partial charge in [-0.25, -0.2) is 0 Å². The molecule has 0 spiro atoms. The van der Waals surface area contributed by atoms with E-state index in [9.17, 15) is 4.57 Å². The van der Waals surface area contributed by atoms with E-state index in [0.29, 0.717) is 5.88 Å². The lowest BCUT2D eigenvalue weighted by Gasteiger charge is -1.79. The molecule has 8 heavy (non-hydrogen) atoms. The first-order valence-electron chi connectivity index (χ1n) is 2.01. The van der Waals surface area contributed by atoms with Gasteiger partial charge in [-0.15, -0.1) is 20.6 Å². The van der Waals surface area contributed by atoms with Crippen molar-refractivity contribution >= 4 is 19.9 Å². The minimum atomic E-state index is -1.92. The fraction of sp³-hybridized carbons (Fsp3) is 1.00. The maximum atomic E-state index is 10.2. The van der Waals surface area contributed by atoms with Crippen molar-refractivity contribution in [3.63, 3.8) is 0 Å². The molecule has 0 rings (SSSR count). The van der Waals surface area contributed by atoms with E-state index < -0.39 is 8.25 Å². The third-order valence-corrected chi connectivity index (χ3v) is 1.27. The van der Waals surface area contributed by atoms with E-state index in [2.05, 4.69) is 9.05 Å². The zero-order valence-corrected chi connectivity index (χ0v) is 6.11. The number of hydrogen-bond acceptors (Lipinski definition) is 3. The van der Waals surface area contributed by atoms with Crippen LogP contribution in [-0.2, 0) is 13.6 Å². The van der Waals surface area contributed by atoms with Crippen molar-refractivity contribution in [2.24, 2.45) is 0 Å². The van der Waals surface area contributed by atoms with Gasteiger partial charge in [0.1, 0.15) is 6.61 Å². The summed E-state index contributed by atoms with van der Waals surface area (Å²) in [6.07, 6.45) is 0. The first kappa shape index (κ1) is 8.31. The molecular weight excluding hydrogens is 150 g/mol. The minimum absolute atomic E-state index is 0.268. The van der Waals surface area contributed by atoms with Crippen LogP contribution in [0.15, 0.2) is 0 Å². The highest BCUT2D eigenvalue weighted by Crippen LogP contribution is 2.20. The summed E-state index contributed by atoms with van der Waals surface area (Å²) in [5.41, 5.74) is 0. The summed E-state index contributed by atoms with van der Waals surface area (Å²) < 4.78 is 19.0. The Hall–Kier alpha value is 0.310. The average Bonchev–Trinajstić information content (AvgIpc) is 1.83. The summed E-state index contributed by atoms with van der Waals surface area (Å²) in [6, 6.07) is 0. The molecule has 0 heterocycles. The van der Waals surface area contributed by atoms with E-state index >= 15 is 0 Å². The number of rotatable bonds is 4. The monoisotopic (exact) mass is 157 g/mol. The van der Waals surface area contributed by atoms with E-state index in [1.54, 1.807) is 0 Å². The number of halogens is 1. The molecule has 0 saturated heterocycles. The van der Waals surface area contributed by atoms with Crippen LogP contribution >= 0.6 is 19.9 Å². The van der Waals surface area contributed by atoms with E-state index in [1.807, 2.05) is 0 Å². The fourth-order valence-corrected chi connectivity index (χ4v) is 0.692. The Morgan fingerprint density at radius 3 is 2.75 bits per heavy atom.